The van der Waals surface area contributed by atoms with E-state index in [0.717, 1.165) is 11.1 Å². The van der Waals surface area contributed by atoms with E-state index in [9.17, 15) is 8.42 Å². The van der Waals surface area contributed by atoms with Gasteiger partial charge in [-0.3, -0.25) is 4.72 Å². The highest BCUT2D eigenvalue weighted by molar-refractivity contribution is 7.92. The lowest BCUT2D eigenvalue weighted by atomic mass is 10.2. The Morgan fingerprint density at radius 3 is 2.52 bits per heavy atom. The van der Waals surface area contributed by atoms with Gasteiger partial charge in [-0.15, -0.1) is 0 Å². The Hall–Kier alpha value is -1.27. The molecule has 112 valence electrons. The first-order valence-electron chi connectivity index (χ1n) is 6.11. The van der Waals surface area contributed by atoms with Crippen LogP contribution in [0, 0.1) is 6.92 Å². The topological polar surface area (TPSA) is 72.2 Å². The van der Waals surface area contributed by atoms with Crippen LogP contribution < -0.4 is 10.5 Å². The number of anilines is 1. The van der Waals surface area contributed by atoms with Crippen LogP contribution in [0.2, 0.25) is 10.0 Å². The largest absolute Gasteiger partial charge is 0.326 e. The monoisotopic (exact) mass is 344 g/mol. The maximum Gasteiger partial charge on any atom is 0.261 e. The zero-order chi connectivity index (χ0) is 15.6. The van der Waals surface area contributed by atoms with Crippen molar-refractivity contribution in [2.45, 2.75) is 18.4 Å². The molecule has 21 heavy (non-hydrogen) atoms. The van der Waals surface area contributed by atoms with Gasteiger partial charge in [0.15, 0.2) is 0 Å². The minimum atomic E-state index is -3.75. The van der Waals surface area contributed by atoms with Crippen molar-refractivity contribution in [1.82, 2.24) is 0 Å². The molecule has 4 nitrogen and oxygen atoms in total. The van der Waals surface area contributed by atoms with E-state index in [1.807, 2.05) is 0 Å². The molecule has 2 rings (SSSR count). The van der Waals surface area contributed by atoms with Crippen molar-refractivity contribution in [1.29, 1.82) is 0 Å². The summed E-state index contributed by atoms with van der Waals surface area (Å²) < 4.78 is 27.2. The fraction of sp³-hybridized carbons (Fsp3) is 0.143. The molecule has 0 bridgehead atoms. The molecule has 2 aromatic rings. The Kier molecular flexibility index (Phi) is 4.78. The molecule has 0 saturated carbocycles. The Labute approximate surface area is 133 Å². The number of aryl methyl sites for hydroxylation is 1. The van der Waals surface area contributed by atoms with Crippen LogP contribution in [-0.2, 0) is 16.6 Å². The molecule has 0 radical (unpaired) electrons. The summed E-state index contributed by atoms with van der Waals surface area (Å²) in [7, 11) is -3.75. The summed E-state index contributed by atoms with van der Waals surface area (Å²) >= 11 is 12.0. The minimum Gasteiger partial charge on any atom is -0.326 e. The van der Waals surface area contributed by atoms with E-state index in [0.29, 0.717) is 5.02 Å². The predicted octanol–water partition coefficient (Wildman–Crippen LogP) is 3.56. The molecular formula is C14H14Cl2N2O2S. The predicted molar refractivity (Wildman–Crippen MR) is 86.3 cm³/mol. The van der Waals surface area contributed by atoms with Crippen LogP contribution in [0.1, 0.15) is 11.1 Å². The van der Waals surface area contributed by atoms with Crippen LogP contribution in [0.25, 0.3) is 0 Å². The molecule has 0 aliphatic rings. The third-order valence-electron chi connectivity index (χ3n) is 2.94. The lowest BCUT2D eigenvalue weighted by Gasteiger charge is -2.12. The summed E-state index contributed by atoms with van der Waals surface area (Å²) in [5.74, 6) is 0. The van der Waals surface area contributed by atoms with Crippen molar-refractivity contribution in [2.75, 3.05) is 4.72 Å². The average Bonchev–Trinajstić information content (AvgIpc) is 2.44. The number of sulfonamides is 1. The third kappa shape index (κ3) is 3.68. The highest BCUT2D eigenvalue weighted by atomic mass is 35.5. The van der Waals surface area contributed by atoms with Gasteiger partial charge in [0.2, 0.25) is 0 Å². The summed E-state index contributed by atoms with van der Waals surface area (Å²) in [6.07, 6.45) is 0. The number of hydrogen-bond donors (Lipinski definition) is 2. The van der Waals surface area contributed by atoms with E-state index in [-0.39, 0.29) is 22.2 Å². The van der Waals surface area contributed by atoms with E-state index in [4.69, 9.17) is 28.9 Å². The third-order valence-corrected chi connectivity index (χ3v) is 5.02. The molecule has 7 heteroatoms. The first-order valence-corrected chi connectivity index (χ1v) is 8.35. The van der Waals surface area contributed by atoms with Gasteiger partial charge in [-0.2, -0.15) is 0 Å². The number of nitrogens with one attached hydrogen (secondary N) is 1. The summed E-state index contributed by atoms with van der Waals surface area (Å²) in [5, 5.41) is 0.725. The Balaban J connectivity index is 2.39. The summed E-state index contributed by atoms with van der Waals surface area (Å²) in [4.78, 5) is 0.123. The van der Waals surface area contributed by atoms with Gasteiger partial charge in [0.05, 0.1) is 15.6 Å². The lowest BCUT2D eigenvalue weighted by molar-refractivity contribution is 0.601. The van der Waals surface area contributed by atoms with Gasteiger partial charge in [-0.05, 0) is 42.3 Å². The maximum atomic E-state index is 12.4. The fourth-order valence-electron chi connectivity index (χ4n) is 1.77. The van der Waals surface area contributed by atoms with Gasteiger partial charge in [-0.1, -0.05) is 35.3 Å². The van der Waals surface area contributed by atoms with Crippen molar-refractivity contribution >= 4 is 38.9 Å². The van der Waals surface area contributed by atoms with E-state index < -0.39 is 10.0 Å². The van der Waals surface area contributed by atoms with E-state index >= 15 is 0 Å². The van der Waals surface area contributed by atoms with Crippen LogP contribution >= 0.6 is 23.2 Å². The van der Waals surface area contributed by atoms with Crippen molar-refractivity contribution in [2.24, 2.45) is 5.73 Å². The number of hydrogen-bond acceptors (Lipinski definition) is 3. The SMILES string of the molecule is Cc1cc(Cl)c(NS(=O)(=O)c2cccc(CN)c2)cc1Cl. The lowest BCUT2D eigenvalue weighted by Crippen LogP contribution is -2.14. The Bertz CT molecular complexity index is 777. The summed E-state index contributed by atoms with van der Waals surface area (Å²) in [5.41, 5.74) is 7.26. The number of rotatable bonds is 4. The van der Waals surface area contributed by atoms with E-state index in [1.165, 1.54) is 18.2 Å². The molecular weight excluding hydrogens is 331 g/mol. The molecule has 0 aromatic heterocycles. The van der Waals surface area contributed by atoms with Crippen LogP contribution in [-0.4, -0.2) is 8.42 Å². The molecule has 0 atom stereocenters. The molecule has 0 heterocycles. The van der Waals surface area contributed by atoms with Gasteiger partial charge < -0.3 is 5.73 Å². The quantitative estimate of drug-likeness (QED) is 0.890. The second-order valence-corrected chi connectivity index (χ2v) is 7.04. The van der Waals surface area contributed by atoms with Gasteiger partial charge in [-0.25, -0.2) is 8.42 Å². The molecule has 3 N–H and O–H groups in total. The second-order valence-electron chi connectivity index (χ2n) is 4.54. The van der Waals surface area contributed by atoms with Crippen LogP contribution in [0.5, 0.6) is 0 Å². The Morgan fingerprint density at radius 1 is 1.14 bits per heavy atom. The van der Waals surface area contributed by atoms with Crippen molar-refractivity contribution in [3.8, 4) is 0 Å². The van der Waals surface area contributed by atoms with Gasteiger partial charge in [0.1, 0.15) is 0 Å². The highest BCUT2D eigenvalue weighted by Gasteiger charge is 2.17. The fourth-order valence-corrected chi connectivity index (χ4v) is 3.39. The molecule has 0 aliphatic carbocycles. The molecule has 0 spiro atoms. The van der Waals surface area contributed by atoms with E-state index in [1.54, 1.807) is 25.1 Å². The van der Waals surface area contributed by atoms with Gasteiger partial charge in [0, 0.05) is 11.6 Å². The number of halogens is 2. The normalized spacial score (nSPS) is 11.4. The Morgan fingerprint density at radius 2 is 1.86 bits per heavy atom. The summed E-state index contributed by atoms with van der Waals surface area (Å²) in [6, 6.07) is 9.51. The van der Waals surface area contributed by atoms with Gasteiger partial charge in [0.25, 0.3) is 10.0 Å². The van der Waals surface area contributed by atoms with Crippen molar-refractivity contribution in [3.05, 3.63) is 57.6 Å². The number of nitrogens with two attached hydrogens (primary N) is 1. The molecule has 2 aromatic carbocycles. The standard InChI is InChI=1S/C14H14Cl2N2O2S/c1-9-5-13(16)14(7-12(9)15)18-21(19,20)11-4-2-3-10(6-11)8-17/h2-7,18H,8,17H2,1H3. The first-order chi connectivity index (χ1) is 9.83. The average molecular weight is 345 g/mol. The summed E-state index contributed by atoms with van der Waals surface area (Å²) in [6.45, 7) is 2.05. The minimum absolute atomic E-state index is 0.123. The van der Waals surface area contributed by atoms with Crippen LogP contribution in [0.4, 0.5) is 5.69 Å². The molecule has 0 aliphatic heterocycles. The molecule has 0 amide bonds. The van der Waals surface area contributed by atoms with Crippen molar-refractivity contribution in [3.63, 3.8) is 0 Å². The highest BCUT2D eigenvalue weighted by Crippen LogP contribution is 2.30. The zero-order valence-corrected chi connectivity index (χ0v) is 13.6. The molecule has 0 saturated heterocycles. The molecule has 0 fully saturated rings. The zero-order valence-electron chi connectivity index (χ0n) is 11.2. The number of benzene rings is 2. The van der Waals surface area contributed by atoms with Crippen LogP contribution in [0.15, 0.2) is 41.3 Å². The molecule has 0 unspecified atom stereocenters. The maximum absolute atomic E-state index is 12.4. The van der Waals surface area contributed by atoms with Crippen molar-refractivity contribution < 1.29 is 8.42 Å². The van der Waals surface area contributed by atoms with Crippen LogP contribution in [0.3, 0.4) is 0 Å². The van der Waals surface area contributed by atoms with Gasteiger partial charge >= 0.3 is 0 Å². The van der Waals surface area contributed by atoms with E-state index in [2.05, 4.69) is 4.72 Å². The smallest absolute Gasteiger partial charge is 0.261 e. The second kappa shape index (κ2) is 6.23. The first kappa shape index (κ1) is 16.1.